The van der Waals surface area contributed by atoms with Crippen molar-refractivity contribution in [2.24, 2.45) is 0 Å². The second kappa shape index (κ2) is 9.18. The number of carbonyl (C=O) groups excluding carboxylic acids is 1. The van der Waals surface area contributed by atoms with Crippen LogP contribution in [-0.4, -0.2) is 38.3 Å². The first-order valence-corrected chi connectivity index (χ1v) is 9.31. The third kappa shape index (κ3) is 4.94. The van der Waals surface area contributed by atoms with Gasteiger partial charge in [0.1, 0.15) is 0 Å². The maximum absolute atomic E-state index is 12.3. The molecule has 2 fully saturated rings. The quantitative estimate of drug-likeness (QED) is 0.773. The van der Waals surface area contributed by atoms with Crippen LogP contribution in [0, 0.1) is 0 Å². The summed E-state index contributed by atoms with van der Waals surface area (Å²) in [5.41, 5.74) is 1.27. The molecular formula is C18H26BrClN2O2. The monoisotopic (exact) mass is 416 g/mol. The first-order valence-electron chi connectivity index (χ1n) is 8.52. The van der Waals surface area contributed by atoms with Crippen molar-refractivity contribution >= 4 is 34.2 Å². The Morgan fingerprint density at radius 2 is 2.17 bits per heavy atom. The van der Waals surface area contributed by atoms with Gasteiger partial charge in [-0.15, -0.1) is 12.4 Å². The van der Waals surface area contributed by atoms with Gasteiger partial charge in [0.15, 0.2) is 0 Å². The molecule has 1 unspecified atom stereocenters. The van der Waals surface area contributed by atoms with Gasteiger partial charge in [0.05, 0.1) is 0 Å². The van der Waals surface area contributed by atoms with E-state index in [4.69, 9.17) is 4.74 Å². The molecule has 2 N–H and O–H groups in total. The molecule has 0 bridgehead atoms. The van der Waals surface area contributed by atoms with Crippen LogP contribution in [0.15, 0.2) is 28.7 Å². The first-order chi connectivity index (χ1) is 11.2. The van der Waals surface area contributed by atoms with Crippen LogP contribution in [0.1, 0.15) is 37.7 Å². The van der Waals surface area contributed by atoms with Gasteiger partial charge < -0.3 is 15.4 Å². The van der Waals surface area contributed by atoms with E-state index < -0.39 is 0 Å². The third-order valence-electron chi connectivity index (χ3n) is 5.11. The zero-order valence-corrected chi connectivity index (χ0v) is 16.3. The average molecular weight is 418 g/mol. The Kier molecular flexibility index (Phi) is 7.54. The zero-order chi connectivity index (χ0) is 16.1. The number of hydrogen-bond donors (Lipinski definition) is 2. The number of nitrogens with one attached hydrogen (secondary N) is 2. The van der Waals surface area contributed by atoms with E-state index in [1.54, 1.807) is 0 Å². The highest BCUT2D eigenvalue weighted by Gasteiger charge is 2.35. The second-order valence-electron chi connectivity index (χ2n) is 6.68. The highest BCUT2D eigenvalue weighted by atomic mass is 79.9. The fourth-order valence-electron chi connectivity index (χ4n) is 3.64. The van der Waals surface area contributed by atoms with Crippen LogP contribution in [0.25, 0.3) is 0 Å². The first kappa shape index (κ1) is 19.7. The SMILES string of the molecule is Cl.O=C(CC1CCCN1)NCC1(c2cccc(Br)c2)CCOCC1. The Morgan fingerprint density at radius 3 is 2.83 bits per heavy atom. The minimum Gasteiger partial charge on any atom is -0.381 e. The minimum atomic E-state index is -0.0131. The van der Waals surface area contributed by atoms with E-state index in [-0.39, 0.29) is 23.7 Å². The fourth-order valence-corrected chi connectivity index (χ4v) is 4.04. The van der Waals surface area contributed by atoms with Crippen molar-refractivity contribution in [2.75, 3.05) is 26.3 Å². The summed E-state index contributed by atoms with van der Waals surface area (Å²) in [4.78, 5) is 12.3. The standard InChI is InChI=1S/C18H25BrN2O2.ClH/c19-15-4-1-3-14(11-15)18(6-9-23-10-7-18)13-21-17(22)12-16-5-2-8-20-16;/h1,3-4,11,16,20H,2,5-10,12-13H2,(H,21,22);1H. The van der Waals surface area contributed by atoms with E-state index in [2.05, 4.69) is 44.8 Å². The summed E-state index contributed by atoms with van der Waals surface area (Å²) in [7, 11) is 0. The lowest BCUT2D eigenvalue weighted by Crippen LogP contribution is -2.45. The molecule has 3 rings (SSSR count). The van der Waals surface area contributed by atoms with Crippen molar-refractivity contribution in [3.63, 3.8) is 0 Å². The Hall–Kier alpha value is -0.620. The molecular weight excluding hydrogens is 392 g/mol. The molecule has 0 spiro atoms. The predicted octanol–water partition coefficient (Wildman–Crippen LogP) is 3.18. The summed E-state index contributed by atoms with van der Waals surface area (Å²) in [6, 6.07) is 8.81. The summed E-state index contributed by atoms with van der Waals surface area (Å²) in [6.45, 7) is 3.24. The highest BCUT2D eigenvalue weighted by Crippen LogP contribution is 2.35. The van der Waals surface area contributed by atoms with Crippen molar-refractivity contribution < 1.29 is 9.53 Å². The van der Waals surface area contributed by atoms with E-state index in [1.807, 2.05) is 6.07 Å². The van der Waals surface area contributed by atoms with E-state index in [9.17, 15) is 4.79 Å². The topological polar surface area (TPSA) is 50.4 Å². The molecule has 0 radical (unpaired) electrons. The molecule has 2 heterocycles. The molecule has 1 atom stereocenters. The molecule has 6 heteroatoms. The lowest BCUT2D eigenvalue weighted by atomic mass is 9.74. The summed E-state index contributed by atoms with van der Waals surface area (Å²) >= 11 is 3.56. The van der Waals surface area contributed by atoms with Crippen molar-refractivity contribution in [3.05, 3.63) is 34.3 Å². The minimum absolute atomic E-state index is 0. The second-order valence-corrected chi connectivity index (χ2v) is 7.59. The number of carbonyl (C=O) groups is 1. The van der Waals surface area contributed by atoms with Crippen molar-refractivity contribution in [1.82, 2.24) is 10.6 Å². The van der Waals surface area contributed by atoms with Crippen LogP contribution in [0.4, 0.5) is 0 Å². The smallest absolute Gasteiger partial charge is 0.221 e. The molecule has 0 saturated carbocycles. The molecule has 1 aromatic carbocycles. The van der Waals surface area contributed by atoms with Gasteiger partial charge in [0.25, 0.3) is 0 Å². The molecule has 1 amide bonds. The van der Waals surface area contributed by atoms with Crippen molar-refractivity contribution in [3.8, 4) is 0 Å². The number of benzene rings is 1. The third-order valence-corrected chi connectivity index (χ3v) is 5.60. The largest absolute Gasteiger partial charge is 0.381 e. The molecule has 4 nitrogen and oxygen atoms in total. The van der Waals surface area contributed by atoms with Gasteiger partial charge in [-0.05, 0) is 49.9 Å². The van der Waals surface area contributed by atoms with Gasteiger partial charge in [0.2, 0.25) is 5.91 Å². The van der Waals surface area contributed by atoms with E-state index in [0.717, 1.165) is 43.5 Å². The number of hydrogen-bond acceptors (Lipinski definition) is 3. The van der Waals surface area contributed by atoms with Crippen LogP contribution < -0.4 is 10.6 Å². The van der Waals surface area contributed by atoms with Gasteiger partial charge in [-0.2, -0.15) is 0 Å². The lowest BCUT2D eigenvalue weighted by Gasteiger charge is -2.38. The molecule has 2 aliphatic heterocycles. The number of rotatable bonds is 5. The summed E-state index contributed by atoms with van der Waals surface area (Å²) < 4.78 is 6.64. The number of amides is 1. The Balaban J connectivity index is 0.00000208. The van der Waals surface area contributed by atoms with Crippen molar-refractivity contribution in [1.29, 1.82) is 0 Å². The summed E-state index contributed by atoms with van der Waals surface area (Å²) in [5, 5.41) is 6.58. The summed E-state index contributed by atoms with van der Waals surface area (Å²) in [6.07, 6.45) is 4.77. The van der Waals surface area contributed by atoms with Gasteiger partial charge >= 0.3 is 0 Å². The van der Waals surface area contributed by atoms with Gasteiger partial charge in [-0.3, -0.25) is 4.79 Å². The highest BCUT2D eigenvalue weighted by molar-refractivity contribution is 9.10. The van der Waals surface area contributed by atoms with Gasteiger partial charge in [0, 0.05) is 42.1 Å². The van der Waals surface area contributed by atoms with Gasteiger partial charge in [-0.25, -0.2) is 0 Å². The molecule has 1 aromatic rings. The fraction of sp³-hybridized carbons (Fsp3) is 0.611. The maximum Gasteiger partial charge on any atom is 0.221 e. The molecule has 24 heavy (non-hydrogen) atoms. The maximum atomic E-state index is 12.3. The Labute approximate surface area is 158 Å². The average Bonchev–Trinajstić information content (AvgIpc) is 3.07. The van der Waals surface area contributed by atoms with Crippen LogP contribution in [0.3, 0.4) is 0 Å². The Morgan fingerprint density at radius 1 is 1.38 bits per heavy atom. The van der Waals surface area contributed by atoms with Crippen molar-refractivity contribution in [2.45, 2.75) is 43.6 Å². The zero-order valence-electron chi connectivity index (χ0n) is 13.9. The predicted molar refractivity (Wildman–Crippen MR) is 102 cm³/mol. The Bertz CT molecular complexity index is 544. The van der Waals surface area contributed by atoms with Gasteiger partial charge in [-0.1, -0.05) is 28.1 Å². The normalized spacial score (nSPS) is 22.6. The van der Waals surface area contributed by atoms with Crippen LogP contribution in [-0.2, 0) is 14.9 Å². The van der Waals surface area contributed by atoms with E-state index in [0.29, 0.717) is 19.0 Å². The lowest BCUT2D eigenvalue weighted by molar-refractivity contribution is -0.122. The number of ether oxygens (including phenoxy) is 1. The molecule has 134 valence electrons. The molecule has 0 aromatic heterocycles. The molecule has 2 aliphatic rings. The molecule has 0 aliphatic carbocycles. The van der Waals surface area contributed by atoms with Crippen LogP contribution in [0.5, 0.6) is 0 Å². The molecule has 2 saturated heterocycles. The number of halogens is 2. The van der Waals surface area contributed by atoms with Crippen LogP contribution >= 0.6 is 28.3 Å². The van der Waals surface area contributed by atoms with E-state index in [1.165, 1.54) is 12.0 Å². The van der Waals surface area contributed by atoms with E-state index >= 15 is 0 Å². The summed E-state index contributed by atoms with van der Waals surface area (Å²) in [5.74, 6) is 0.158. The van der Waals surface area contributed by atoms with Crippen LogP contribution in [0.2, 0.25) is 0 Å².